The lowest BCUT2D eigenvalue weighted by molar-refractivity contribution is -0.187. The van der Waals surface area contributed by atoms with Gasteiger partial charge in [0.15, 0.2) is 0 Å². The van der Waals surface area contributed by atoms with Crippen molar-refractivity contribution in [2.45, 2.75) is 37.5 Å². The third kappa shape index (κ3) is 2.85. The molecule has 1 saturated carbocycles. The molecular formula is C9H17F3N2. The van der Waals surface area contributed by atoms with Crippen LogP contribution in [0.2, 0.25) is 0 Å². The quantitative estimate of drug-likeness (QED) is 0.712. The van der Waals surface area contributed by atoms with E-state index in [9.17, 15) is 13.2 Å². The van der Waals surface area contributed by atoms with Crippen LogP contribution in [0.4, 0.5) is 13.2 Å². The Morgan fingerprint density at radius 2 is 1.71 bits per heavy atom. The first-order valence-corrected chi connectivity index (χ1v) is 4.79. The van der Waals surface area contributed by atoms with E-state index >= 15 is 0 Å². The first kappa shape index (κ1) is 11.8. The van der Waals surface area contributed by atoms with E-state index in [4.69, 9.17) is 5.73 Å². The van der Waals surface area contributed by atoms with Gasteiger partial charge in [-0.3, -0.25) is 0 Å². The lowest BCUT2D eigenvalue weighted by Crippen LogP contribution is -2.45. The topological polar surface area (TPSA) is 29.3 Å². The summed E-state index contributed by atoms with van der Waals surface area (Å²) in [6, 6.07) is -0.354. The number of alkyl halides is 3. The largest absolute Gasteiger partial charge is 0.391 e. The highest BCUT2D eigenvalue weighted by Gasteiger charge is 2.44. The first-order valence-electron chi connectivity index (χ1n) is 4.79. The third-order valence-corrected chi connectivity index (χ3v) is 2.91. The minimum atomic E-state index is -4.09. The van der Waals surface area contributed by atoms with Crippen molar-refractivity contribution in [3.05, 3.63) is 0 Å². The van der Waals surface area contributed by atoms with Gasteiger partial charge < -0.3 is 10.6 Å². The Bertz CT molecular complexity index is 191. The minimum absolute atomic E-state index is 0.0367. The normalized spacial score (nSPS) is 34.9. The zero-order valence-corrected chi connectivity index (χ0v) is 8.51. The van der Waals surface area contributed by atoms with Crippen LogP contribution in [0.25, 0.3) is 0 Å². The maximum Gasteiger partial charge on any atom is 0.391 e. The summed E-state index contributed by atoms with van der Waals surface area (Å²) in [5.41, 5.74) is 5.62. The molecule has 1 rings (SSSR count). The van der Waals surface area contributed by atoms with Crippen LogP contribution < -0.4 is 5.73 Å². The van der Waals surface area contributed by atoms with Gasteiger partial charge in [0.1, 0.15) is 0 Å². The molecule has 0 amide bonds. The standard InChI is InChI=1S/C9H17F3N2/c1-14(2)8-4-6(9(10,11)12)3-7(13)5-8/h6-8H,3-5,13H2,1-2H3. The van der Waals surface area contributed by atoms with Crippen LogP contribution in [0.15, 0.2) is 0 Å². The molecule has 0 radical (unpaired) electrons. The lowest BCUT2D eigenvalue weighted by atomic mass is 9.82. The molecule has 2 nitrogen and oxygen atoms in total. The smallest absolute Gasteiger partial charge is 0.328 e. The summed E-state index contributed by atoms with van der Waals surface area (Å²) in [4.78, 5) is 1.83. The van der Waals surface area contributed by atoms with Crippen LogP contribution >= 0.6 is 0 Å². The molecule has 0 aliphatic heterocycles. The van der Waals surface area contributed by atoms with Crippen molar-refractivity contribution in [3.8, 4) is 0 Å². The Morgan fingerprint density at radius 1 is 1.14 bits per heavy atom. The fraction of sp³-hybridized carbons (Fsp3) is 1.00. The van der Waals surface area contributed by atoms with Gasteiger partial charge in [0.25, 0.3) is 0 Å². The van der Waals surface area contributed by atoms with Crippen molar-refractivity contribution in [1.29, 1.82) is 0 Å². The van der Waals surface area contributed by atoms with Crippen LogP contribution in [0.5, 0.6) is 0 Å². The van der Waals surface area contributed by atoms with E-state index in [0.29, 0.717) is 6.42 Å². The SMILES string of the molecule is CN(C)C1CC(N)CC(C(F)(F)F)C1. The second-order valence-electron chi connectivity index (χ2n) is 4.32. The highest BCUT2D eigenvalue weighted by molar-refractivity contribution is 4.87. The molecule has 0 bridgehead atoms. The summed E-state index contributed by atoms with van der Waals surface area (Å²) in [5.74, 6) is -1.22. The molecule has 3 unspecified atom stereocenters. The van der Waals surface area contributed by atoms with E-state index in [1.807, 2.05) is 4.90 Å². The molecule has 5 heteroatoms. The van der Waals surface area contributed by atoms with Crippen molar-refractivity contribution in [2.75, 3.05) is 14.1 Å². The van der Waals surface area contributed by atoms with Crippen molar-refractivity contribution in [2.24, 2.45) is 11.7 Å². The maximum absolute atomic E-state index is 12.5. The molecule has 2 N–H and O–H groups in total. The molecule has 0 spiro atoms. The van der Waals surface area contributed by atoms with E-state index in [0.717, 1.165) is 0 Å². The summed E-state index contributed by atoms with van der Waals surface area (Å²) in [5, 5.41) is 0. The molecule has 1 aliphatic carbocycles. The molecule has 1 fully saturated rings. The van der Waals surface area contributed by atoms with Gasteiger partial charge in [-0.1, -0.05) is 0 Å². The van der Waals surface area contributed by atoms with E-state index < -0.39 is 12.1 Å². The third-order valence-electron chi connectivity index (χ3n) is 2.91. The van der Waals surface area contributed by atoms with Crippen LogP contribution in [0.3, 0.4) is 0 Å². The van der Waals surface area contributed by atoms with Gasteiger partial charge in [-0.25, -0.2) is 0 Å². The number of halogens is 3. The molecule has 1 aliphatic rings. The lowest BCUT2D eigenvalue weighted by Gasteiger charge is -2.37. The van der Waals surface area contributed by atoms with Gasteiger partial charge >= 0.3 is 6.18 Å². The summed E-state index contributed by atoms with van der Waals surface area (Å²) in [6.45, 7) is 0. The van der Waals surface area contributed by atoms with Crippen molar-refractivity contribution in [3.63, 3.8) is 0 Å². The van der Waals surface area contributed by atoms with Gasteiger partial charge in [0.05, 0.1) is 5.92 Å². The zero-order valence-electron chi connectivity index (χ0n) is 8.51. The number of nitrogens with two attached hydrogens (primary N) is 1. The molecule has 3 atom stereocenters. The van der Waals surface area contributed by atoms with Crippen molar-refractivity contribution >= 4 is 0 Å². The van der Waals surface area contributed by atoms with Gasteiger partial charge in [-0.05, 0) is 33.4 Å². The molecule has 0 saturated heterocycles. The van der Waals surface area contributed by atoms with E-state index in [1.54, 1.807) is 14.1 Å². The number of hydrogen-bond acceptors (Lipinski definition) is 2. The van der Waals surface area contributed by atoms with Crippen LogP contribution in [0.1, 0.15) is 19.3 Å². The van der Waals surface area contributed by atoms with Gasteiger partial charge in [0.2, 0.25) is 0 Å². The average molecular weight is 210 g/mol. The number of hydrogen-bond donors (Lipinski definition) is 1. The van der Waals surface area contributed by atoms with Gasteiger partial charge in [0, 0.05) is 12.1 Å². The predicted octanol–water partition coefficient (Wildman–Crippen LogP) is 1.61. The highest BCUT2D eigenvalue weighted by atomic mass is 19.4. The highest BCUT2D eigenvalue weighted by Crippen LogP contribution is 2.38. The monoisotopic (exact) mass is 210 g/mol. The summed E-state index contributed by atoms with van der Waals surface area (Å²) in [7, 11) is 3.60. The van der Waals surface area contributed by atoms with Crippen molar-refractivity contribution < 1.29 is 13.2 Å². The van der Waals surface area contributed by atoms with E-state index in [2.05, 4.69) is 0 Å². The van der Waals surface area contributed by atoms with Crippen LogP contribution in [-0.4, -0.2) is 37.3 Å². The van der Waals surface area contributed by atoms with E-state index in [1.165, 1.54) is 0 Å². The molecule has 0 aromatic rings. The van der Waals surface area contributed by atoms with Crippen LogP contribution in [-0.2, 0) is 0 Å². The summed E-state index contributed by atoms with van der Waals surface area (Å²) in [6.07, 6.45) is -3.16. The fourth-order valence-electron chi connectivity index (χ4n) is 2.02. The Hall–Kier alpha value is -0.290. The fourth-order valence-corrected chi connectivity index (χ4v) is 2.02. The second kappa shape index (κ2) is 4.06. The molecule has 0 aromatic heterocycles. The summed E-state index contributed by atoms with van der Waals surface area (Å²) < 4.78 is 37.4. The molecule has 14 heavy (non-hydrogen) atoms. The summed E-state index contributed by atoms with van der Waals surface area (Å²) >= 11 is 0. The Balaban J connectivity index is 2.63. The van der Waals surface area contributed by atoms with Gasteiger partial charge in [-0.2, -0.15) is 13.2 Å². The van der Waals surface area contributed by atoms with Crippen LogP contribution in [0, 0.1) is 5.92 Å². The Kier molecular flexibility index (Phi) is 3.42. The molecule has 0 heterocycles. The first-order chi connectivity index (χ1) is 6.30. The Morgan fingerprint density at radius 3 is 2.14 bits per heavy atom. The number of nitrogens with zero attached hydrogens (tertiary/aromatic N) is 1. The average Bonchev–Trinajstić information content (AvgIpc) is 2.01. The molecular weight excluding hydrogens is 193 g/mol. The Labute approximate surface area is 82.2 Å². The van der Waals surface area contributed by atoms with E-state index in [-0.39, 0.29) is 24.9 Å². The zero-order chi connectivity index (χ0) is 10.9. The van der Waals surface area contributed by atoms with Gasteiger partial charge in [-0.15, -0.1) is 0 Å². The molecule has 0 aromatic carbocycles. The maximum atomic E-state index is 12.5. The second-order valence-corrected chi connectivity index (χ2v) is 4.32. The predicted molar refractivity (Wildman–Crippen MR) is 48.8 cm³/mol. The molecule has 84 valence electrons. The van der Waals surface area contributed by atoms with Crippen molar-refractivity contribution in [1.82, 2.24) is 4.90 Å². The number of rotatable bonds is 1. The minimum Gasteiger partial charge on any atom is -0.328 e.